The number of carbonyl (C=O) groups is 2. The van der Waals surface area contributed by atoms with Gasteiger partial charge < -0.3 is 15.2 Å². The molecule has 7 heteroatoms. The number of carbonyl (C=O) groups excluding carboxylic acids is 1. The summed E-state index contributed by atoms with van der Waals surface area (Å²) in [5, 5.41) is 12.0. The molecular formula is C11H18N2O4S. The number of carboxylic acid groups (broad SMARTS) is 1. The summed E-state index contributed by atoms with van der Waals surface area (Å²) in [5.74, 6) is -0.473. The molecule has 2 fully saturated rings. The summed E-state index contributed by atoms with van der Waals surface area (Å²) in [5.41, 5.74) is 0. The molecule has 2 aliphatic rings. The molecule has 2 saturated heterocycles. The van der Waals surface area contributed by atoms with Crippen LogP contribution in [-0.4, -0.2) is 58.4 Å². The van der Waals surface area contributed by atoms with Gasteiger partial charge in [-0.05, 0) is 12.8 Å². The van der Waals surface area contributed by atoms with Crippen LogP contribution in [0.15, 0.2) is 0 Å². The zero-order valence-corrected chi connectivity index (χ0v) is 11.1. The van der Waals surface area contributed by atoms with E-state index in [1.165, 1.54) is 16.7 Å². The number of amides is 2. The Kier molecular flexibility index (Phi) is 4.34. The molecule has 0 radical (unpaired) electrons. The lowest BCUT2D eigenvalue weighted by Crippen LogP contribution is -2.52. The van der Waals surface area contributed by atoms with Gasteiger partial charge in [0.2, 0.25) is 0 Å². The number of ether oxygens (including phenoxy) is 1. The minimum atomic E-state index is -0.934. The van der Waals surface area contributed by atoms with Crippen molar-refractivity contribution in [3.8, 4) is 0 Å². The number of thioether (sulfide) groups is 1. The van der Waals surface area contributed by atoms with Crippen molar-refractivity contribution >= 4 is 23.8 Å². The number of hydrogen-bond acceptors (Lipinski definition) is 4. The maximum Gasteiger partial charge on any atom is 0.327 e. The molecule has 0 bridgehead atoms. The molecule has 0 aromatic carbocycles. The number of aliphatic carboxylic acids is 1. The van der Waals surface area contributed by atoms with Gasteiger partial charge in [-0.25, -0.2) is 9.59 Å². The van der Waals surface area contributed by atoms with E-state index in [0.717, 1.165) is 12.8 Å². The molecular weight excluding hydrogens is 256 g/mol. The van der Waals surface area contributed by atoms with Gasteiger partial charge in [-0.3, -0.25) is 4.90 Å². The van der Waals surface area contributed by atoms with Crippen molar-refractivity contribution in [1.82, 2.24) is 10.2 Å². The molecule has 2 rings (SSSR count). The Bertz CT molecular complexity index is 333. The fourth-order valence-corrected chi connectivity index (χ4v) is 3.58. The summed E-state index contributed by atoms with van der Waals surface area (Å²) in [6, 6.07) is -0.993. The Morgan fingerprint density at radius 2 is 2.33 bits per heavy atom. The van der Waals surface area contributed by atoms with Gasteiger partial charge >= 0.3 is 12.0 Å². The first kappa shape index (κ1) is 13.5. The Balaban J connectivity index is 2.01. The molecule has 102 valence electrons. The van der Waals surface area contributed by atoms with Crippen LogP contribution in [0, 0.1) is 0 Å². The van der Waals surface area contributed by atoms with E-state index in [1.54, 1.807) is 0 Å². The van der Waals surface area contributed by atoms with Crippen LogP contribution >= 0.6 is 11.8 Å². The summed E-state index contributed by atoms with van der Waals surface area (Å²) in [6.45, 7) is 3.13. The first-order valence-corrected chi connectivity index (χ1v) is 7.19. The summed E-state index contributed by atoms with van der Waals surface area (Å²) in [4.78, 5) is 24.8. The largest absolute Gasteiger partial charge is 0.480 e. The van der Waals surface area contributed by atoms with Crippen LogP contribution in [0.3, 0.4) is 0 Å². The molecule has 6 nitrogen and oxygen atoms in total. The highest BCUT2D eigenvalue weighted by Gasteiger charge is 2.41. The zero-order chi connectivity index (χ0) is 13.1. The first-order valence-electron chi connectivity index (χ1n) is 6.14. The predicted octanol–water partition coefficient (Wildman–Crippen LogP) is 0.723. The summed E-state index contributed by atoms with van der Waals surface area (Å²) in [7, 11) is 0. The molecule has 3 unspecified atom stereocenters. The fraction of sp³-hybridized carbons (Fsp3) is 0.818. The van der Waals surface area contributed by atoms with Crippen molar-refractivity contribution in [2.75, 3.05) is 19.0 Å². The van der Waals surface area contributed by atoms with Gasteiger partial charge in [0, 0.05) is 12.4 Å². The van der Waals surface area contributed by atoms with Gasteiger partial charge in [-0.15, -0.1) is 11.8 Å². The number of nitrogens with one attached hydrogen (secondary N) is 1. The Morgan fingerprint density at radius 3 is 2.89 bits per heavy atom. The molecule has 0 aliphatic carbocycles. The number of hydrogen-bond donors (Lipinski definition) is 2. The normalized spacial score (nSPS) is 31.6. The summed E-state index contributed by atoms with van der Waals surface area (Å²) < 4.78 is 5.19. The van der Waals surface area contributed by atoms with Crippen LogP contribution in [0.25, 0.3) is 0 Å². The van der Waals surface area contributed by atoms with Crippen molar-refractivity contribution in [2.45, 2.75) is 37.2 Å². The highest BCUT2D eigenvalue weighted by atomic mass is 32.2. The molecule has 2 aliphatic heterocycles. The van der Waals surface area contributed by atoms with Crippen LogP contribution in [0.4, 0.5) is 4.79 Å². The van der Waals surface area contributed by atoms with E-state index in [0.29, 0.717) is 19.0 Å². The van der Waals surface area contributed by atoms with E-state index >= 15 is 0 Å². The van der Waals surface area contributed by atoms with E-state index in [2.05, 4.69) is 5.32 Å². The van der Waals surface area contributed by atoms with Crippen LogP contribution in [0.2, 0.25) is 0 Å². The SMILES string of the molecule is CCC1SCC(C(=O)O)N1C(=O)NC1CCOC1. The third-order valence-electron chi connectivity index (χ3n) is 3.22. The first-order chi connectivity index (χ1) is 8.63. The minimum Gasteiger partial charge on any atom is -0.480 e. The maximum absolute atomic E-state index is 12.2. The lowest BCUT2D eigenvalue weighted by molar-refractivity contribution is -0.141. The van der Waals surface area contributed by atoms with Gasteiger partial charge in [0.25, 0.3) is 0 Å². The van der Waals surface area contributed by atoms with Crippen LogP contribution in [0.1, 0.15) is 19.8 Å². The molecule has 2 N–H and O–H groups in total. The maximum atomic E-state index is 12.2. The highest BCUT2D eigenvalue weighted by molar-refractivity contribution is 8.00. The quantitative estimate of drug-likeness (QED) is 0.793. The molecule has 0 aromatic rings. The van der Waals surface area contributed by atoms with Crippen molar-refractivity contribution in [3.05, 3.63) is 0 Å². The lowest BCUT2D eigenvalue weighted by atomic mass is 10.2. The van der Waals surface area contributed by atoms with Crippen molar-refractivity contribution in [1.29, 1.82) is 0 Å². The second-order valence-corrected chi connectivity index (χ2v) is 5.68. The topological polar surface area (TPSA) is 78.9 Å². The predicted molar refractivity (Wildman–Crippen MR) is 67.6 cm³/mol. The number of urea groups is 1. The molecule has 0 aromatic heterocycles. The highest BCUT2D eigenvalue weighted by Crippen LogP contribution is 2.31. The molecule has 2 heterocycles. The molecule has 0 saturated carbocycles. The van der Waals surface area contributed by atoms with Crippen LogP contribution in [0.5, 0.6) is 0 Å². The van der Waals surface area contributed by atoms with Gasteiger partial charge in [0.05, 0.1) is 18.0 Å². The third-order valence-corrected chi connectivity index (χ3v) is 4.67. The summed E-state index contributed by atoms with van der Waals surface area (Å²) >= 11 is 1.53. The molecule has 0 spiro atoms. The molecule has 18 heavy (non-hydrogen) atoms. The second kappa shape index (κ2) is 5.79. The van der Waals surface area contributed by atoms with Crippen LogP contribution in [-0.2, 0) is 9.53 Å². The number of nitrogens with zero attached hydrogens (tertiary/aromatic N) is 1. The van der Waals surface area contributed by atoms with Crippen molar-refractivity contribution in [3.63, 3.8) is 0 Å². The standard InChI is InChI=1S/C11H18N2O4S/c1-2-9-13(8(6-18-9)10(14)15)11(16)12-7-3-4-17-5-7/h7-9H,2-6H2,1H3,(H,12,16)(H,14,15). The van der Waals surface area contributed by atoms with Gasteiger partial charge in [-0.1, -0.05) is 6.92 Å². The minimum absolute atomic E-state index is 0.00931. The Labute approximate surface area is 110 Å². The summed E-state index contributed by atoms with van der Waals surface area (Å²) in [6.07, 6.45) is 1.55. The van der Waals surface area contributed by atoms with E-state index in [4.69, 9.17) is 9.84 Å². The van der Waals surface area contributed by atoms with Gasteiger partial charge in [-0.2, -0.15) is 0 Å². The van der Waals surface area contributed by atoms with E-state index in [1.807, 2.05) is 6.92 Å². The monoisotopic (exact) mass is 274 g/mol. The lowest BCUT2D eigenvalue weighted by Gasteiger charge is -2.28. The zero-order valence-electron chi connectivity index (χ0n) is 10.3. The Hall–Kier alpha value is -0.950. The second-order valence-electron chi connectivity index (χ2n) is 4.47. The van der Waals surface area contributed by atoms with Crippen molar-refractivity contribution in [2.24, 2.45) is 0 Å². The van der Waals surface area contributed by atoms with E-state index in [9.17, 15) is 9.59 Å². The molecule has 3 atom stereocenters. The number of carboxylic acids is 1. The van der Waals surface area contributed by atoms with Gasteiger partial charge in [0.1, 0.15) is 6.04 Å². The Morgan fingerprint density at radius 1 is 1.56 bits per heavy atom. The van der Waals surface area contributed by atoms with Crippen molar-refractivity contribution < 1.29 is 19.4 Å². The number of rotatable bonds is 3. The van der Waals surface area contributed by atoms with Gasteiger partial charge in [0.15, 0.2) is 0 Å². The third kappa shape index (κ3) is 2.72. The molecule has 2 amide bonds. The van der Waals surface area contributed by atoms with Crippen LogP contribution < -0.4 is 5.32 Å². The smallest absolute Gasteiger partial charge is 0.327 e. The van der Waals surface area contributed by atoms with E-state index < -0.39 is 12.0 Å². The fourth-order valence-electron chi connectivity index (χ4n) is 2.24. The van der Waals surface area contributed by atoms with E-state index in [-0.39, 0.29) is 17.4 Å². The average Bonchev–Trinajstić information content (AvgIpc) is 2.95. The average molecular weight is 274 g/mol.